The van der Waals surface area contributed by atoms with Crippen LogP contribution >= 0.6 is 0 Å². The van der Waals surface area contributed by atoms with Crippen molar-refractivity contribution in [3.63, 3.8) is 0 Å². The second-order valence-corrected chi connectivity index (χ2v) is 7.31. The molecule has 0 aromatic heterocycles. The van der Waals surface area contributed by atoms with Gasteiger partial charge in [0, 0.05) is 12.8 Å². The highest BCUT2D eigenvalue weighted by molar-refractivity contribution is 5.96. The minimum absolute atomic E-state index is 1.05. The number of allylic oxidation sites excluding steroid dienone is 8. The topological polar surface area (TPSA) is 12.4 Å². The molecule has 0 rings (SSSR count). The second kappa shape index (κ2) is 19.1. The van der Waals surface area contributed by atoms with Crippen LogP contribution in [-0.4, -0.2) is 12.8 Å². The Labute approximate surface area is 169 Å². The van der Waals surface area contributed by atoms with Gasteiger partial charge in [-0.15, -0.1) is 0 Å². The van der Waals surface area contributed by atoms with Gasteiger partial charge in [0.05, 0.1) is 0 Å². The smallest absolute Gasteiger partial charge is 0.0350 e. The van der Waals surface area contributed by atoms with Gasteiger partial charge in [0.15, 0.2) is 0 Å². The van der Waals surface area contributed by atoms with Crippen molar-refractivity contribution in [3.8, 4) is 0 Å². The van der Waals surface area contributed by atoms with Crippen LogP contribution in [0.4, 0.5) is 0 Å². The zero-order valence-electron chi connectivity index (χ0n) is 18.3. The molecule has 1 nitrogen and oxygen atoms in total. The molecule has 0 heterocycles. The molecule has 0 aliphatic heterocycles. The highest BCUT2D eigenvalue weighted by atomic mass is 14.7. The van der Waals surface area contributed by atoms with E-state index in [1.54, 1.807) is 0 Å². The van der Waals surface area contributed by atoms with Gasteiger partial charge in [-0.2, -0.15) is 0 Å². The van der Waals surface area contributed by atoms with E-state index in [-0.39, 0.29) is 0 Å². The Morgan fingerprint density at radius 2 is 1.41 bits per heavy atom. The van der Waals surface area contributed by atoms with E-state index < -0.39 is 0 Å². The fourth-order valence-electron chi connectivity index (χ4n) is 2.92. The fourth-order valence-corrected chi connectivity index (χ4v) is 2.92. The van der Waals surface area contributed by atoms with Crippen LogP contribution in [0.2, 0.25) is 0 Å². The average Bonchev–Trinajstić information content (AvgIpc) is 2.67. The van der Waals surface area contributed by atoms with Crippen molar-refractivity contribution in [1.29, 1.82) is 0 Å². The lowest BCUT2D eigenvalue weighted by Gasteiger charge is -2.05. The molecule has 0 saturated carbocycles. The van der Waals surface area contributed by atoms with Crippen molar-refractivity contribution in [2.45, 2.75) is 90.9 Å². The first kappa shape index (κ1) is 25.4. The summed E-state index contributed by atoms with van der Waals surface area (Å²) in [6, 6.07) is 0. The van der Waals surface area contributed by atoms with Crippen molar-refractivity contribution in [3.05, 3.63) is 60.8 Å². The number of rotatable bonds is 17. The molecule has 0 saturated heterocycles. The molecule has 0 aromatic carbocycles. The maximum Gasteiger partial charge on any atom is 0.0350 e. The quantitative estimate of drug-likeness (QED) is 0.138. The van der Waals surface area contributed by atoms with Crippen molar-refractivity contribution in [1.82, 2.24) is 0 Å². The van der Waals surface area contributed by atoms with E-state index in [2.05, 4.69) is 55.5 Å². The Morgan fingerprint density at radius 3 is 1.93 bits per heavy atom. The van der Waals surface area contributed by atoms with Gasteiger partial charge in [-0.3, -0.25) is 4.99 Å². The zero-order valence-corrected chi connectivity index (χ0v) is 18.3. The zero-order chi connectivity index (χ0) is 20.2. The van der Waals surface area contributed by atoms with E-state index in [0.29, 0.717) is 0 Å². The summed E-state index contributed by atoms with van der Waals surface area (Å²) in [5.41, 5.74) is 3.30. The Hall–Kier alpha value is -1.63. The Morgan fingerprint density at radius 1 is 0.852 bits per heavy atom. The summed E-state index contributed by atoms with van der Waals surface area (Å²) in [7, 11) is 1.87. The standard InChI is InChI=1S/C26H43N/c1-6-8-9-10-11-12-13-14-15-16-17-18-19-20-21-22-26(27-5)23-25(7-2)24(3)4/h7,11-14,23H,2-3,6,8-10,15-22H2,1,4-5H3/b12-11+,14-13+,25-23+,27-26-. The van der Waals surface area contributed by atoms with Gasteiger partial charge in [0.25, 0.3) is 0 Å². The summed E-state index contributed by atoms with van der Waals surface area (Å²) in [6.45, 7) is 12.1. The van der Waals surface area contributed by atoms with Crippen LogP contribution in [-0.2, 0) is 0 Å². The van der Waals surface area contributed by atoms with E-state index in [1.165, 1.54) is 70.6 Å². The summed E-state index contributed by atoms with van der Waals surface area (Å²) >= 11 is 0. The fraction of sp³-hybridized carbons (Fsp3) is 0.577. The Bertz CT molecular complexity index is 502. The third-order valence-electron chi connectivity index (χ3n) is 4.73. The van der Waals surface area contributed by atoms with Crippen molar-refractivity contribution in [2.75, 3.05) is 7.05 Å². The number of hydrogen-bond donors (Lipinski definition) is 0. The number of nitrogens with zero attached hydrogens (tertiary/aromatic N) is 1. The van der Waals surface area contributed by atoms with Gasteiger partial charge in [-0.1, -0.05) is 94.6 Å². The van der Waals surface area contributed by atoms with Crippen molar-refractivity contribution >= 4 is 5.71 Å². The predicted octanol–water partition coefficient (Wildman–Crippen LogP) is 8.56. The minimum Gasteiger partial charge on any atom is -0.293 e. The van der Waals surface area contributed by atoms with Crippen LogP contribution in [0.25, 0.3) is 0 Å². The third-order valence-corrected chi connectivity index (χ3v) is 4.73. The van der Waals surface area contributed by atoms with Crippen molar-refractivity contribution in [2.24, 2.45) is 4.99 Å². The Kier molecular flexibility index (Phi) is 18.0. The van der Waals surface area contributed by atoms with E-state index >= 15 is 0 Å². The van der Waals surface area contributed by atoms with Gasteiger partial charge >= 0.3 is 0 Å². The molecule has 0 aromatic rings. The summed E-state index contributed by atoms with van der Waals surface area (Å²) in [6.07, 6.45) is 28.3. The number of aliphatic imine (C=N–C) groups is 1. The van der Waals surface area contributed by atoms with Gasteiger partial charge in [0.2, 0.25) is 0 Å². The van der Waals surface area contributed by atoms with Gasteiger partial charge in [-0.25, -0.2) is 0 Å². The van der Waals surface area contributed by atoms with Crippen molar-refractivity contribution < 1.29 is 0 Å². The monoisotopic (exact) mass is 369 g/mol. The average molecular weight is 370 g/mol. The Balaban J connectivity index is 3.66. The van der Waals surface area contributed by atoms with Crippen LogP contribution in [0.1, 0.15) is 90.9 Å². The lowest BCUT2D eigenvalue weighted by molar-refractivity contribution is 0.604. The largest absolute Gasteiger partial charge is 0.293 e. The van der Waals surface area contributed by atoms with Gasteiger partial charge < -0.3 is 0 Å². The normalized spacial score (nSPS) is 13.0. The van der Waals surface area contributed by atoms with Crippen LogP contribution in [0.15, 0.2) is 65.8 Å². The van der Waals surface area contributed by atoms with E-state index in [1.807, 2.05) is 20.0 Å². The number of hydrogen-bond acceptors (Lipinski definition) is 1. The molecule has 152 valence electrons. The molecule has 0 aliphatic carbocycles. The summed E-state index contributed by atoms with van der Waals surface area (Å²) in [5, 5.41) is 0. The predicted molar refractivity (Wildman–Crippen MR) is 126 cm³/mol. The summed E-state index contributed by atoms with van der Waals surface area (Å²) < 4.78 is 0. The number of unbranched alkanes of at least 4 members (excludes halogenated alkanes) is 9. The summed E-state index contributed by atoms with van der Waals surface area (Å²) in [4.78, 5) is 4.40. The molecule has 0 atom stereocenters. The SMILES string of the molecule is C=C/C(=C\C(CCCCCCCC/C=C/C=C/CCCCC)=N/C)C(=C)C. The second-order valence-electron chi connectivity index (χ2n) is 7.31. The van der Waals surface area contributed by atoms with E-state index in [0.717, 1.165) is 23.3 Å². The minimum atomic E-state index is 1.05. The molecule has 0 unspecified atom stereocenters. The maximum atomic E-state index is 4.40. The molecule has 0 bridgehead atoms. The van der Waals surface area contributed by atoms with E-state index in [9.17, 15) is 0 Å². The molecule has 1 heteroatoms. The molecule has 0 radical (unpaired) electrons. The maximum absolute atomic E-state index is 4.40. The molecule has 0 amide bonds. The van der Waals surface area contributed by atoms with Crippen LogP contribution in [0, 0.1) is 0 Å². The first-order valence-corrected chi connectivity index (χ1v) is 10.9. The van der Waals surface area contributed by atoms with Crippen LogP contribution in [0.5, 0.6) is 0 Å². The van der Waals surface area contributed by atoms with E-state index in [4.69, 9.17) is 0 Å². The van der Waals surface area contributed by atoms with Gasteiger partial charge in [-0.05, 0) is 57.1 Å². The molecule has 0 N–H and O–H groups in total. The molecule has 0 spiro atoms. The summed E-state index contributed by atoms with van der Waals surface area (Å²) in [5.74, 6) is 0. The lowest BCUT2D eigenvalue weighted by Crippen LogP contribution is -1.96. The molecular formula is C26H43N. The first-order valence-electron chi connectivity index (χ1n) is 10.9. The first-order chi connectivity index (χ1) is 13.2. The highest BCUT2D eigenvalue weighted by Crippen LogP contribution is 2.13. The van der Waals surface area contributed by atoms with Crippen LogP contribution in [0.3, 0.4) is 0 Å². The molecule has 0 aliphatic rings. The highest BCUT2D eigenvalue weighted by Gasteiger charge is 1.99. The molecular weight excluding hydrogens is 326 g/mol. The molecule has 0 fully saturated rings. The van der Waals surface area contributed by atoms with Crippen LogP contribution < -0.4 is 0 Å². The lowest BCUT2D eigenvalue weighted by atomic mass is 10.0. The van der Waals surface area contributed by atoms with Gasteiger partial charge in [0.1, 0.15) is 0 Å². The molecule has 27 heavy (non-hydrogen) atoms. The third kappa shape index (κ3) is 16.3.